The third kappa shape index (κ3) is 1.78. The molecule has 18 heavy (non-hydrogen) atoms. The van der Waals surface area contributed by atoms with Gasteiger partial charge in [0.05, 0.1) is 5.52 Å². The van der Waals surface area contributed by atoms with E-state index < -0.39 is 6.10 Å². The quantitative estimate of drug-likeness (QED) is 0.693. The Kier molecular flexibility index (Phi) is 2.78. The van der Waals surface area contributed by atoms with Crippen LogP contribution < -0.4 is 0 Å². The normalized spacial score (nSPS) is 12.8. The number of benzene rings is 1. The van der Waals surface area contributed by atoms with Gasteiger partial charge in [-0.1, -0.05) is 41.9 Å². The van der Waals surface area contributed by atoms with Crippen molar-refractivity contribution >= 4 is 22.5 Å². The van der Waals surface area contributed by atoms with Crippen LogP contribution in [0.2, 0.25) is 5.15 Å². The Hall–Kier alpha value is -1.84. The highest BCUT2D eigenvalue weighted by Crippen LogP contribution is 2.30. The van der Waals surface area contributed by atoms with Crippen LogP contribution in [0.4, 0.5) is 0 Å². The third-order valence-electron chi connectivity index (χ3n) is 2.99. The molecule has 1 aromatic carbocycles. The molecule has 0 bridgehead atoms. The topological polar surface area (TPSA) is 48.9 Å². The van der Waals surface area contributed by atoms with Crippen LogP contribution in [0.5, 0.6) is 0 Å². The lowest BCUT2D eigenvalue weighted by atomic mass is 10.0. The Bertz CT molecular complexity index is 679. The monoisotopic (exact) mass is 258 g/mol. The van der Waals surface area contributed by atoms with Gasteiger partial charge in [0.25, 0.3) is 0 Å². The van der Waals surface area contributed by atoms with Crippen molar-refractivity contribution in [1.82, 2.24) is 9.97 Å². The highest BCUT2D eigenvalue weighted by atomic mass is 35.5. The average molecular weight is 259 g/mol. The maximum atomic E-state index is 10.4. The van der Waals surface area contributed by atoms with E-state index in [1.54, 1.807) is 12.4 Å². The second-order valence-corrected chi connectivity index (χ2v) is 4.44. The molecule has 0 saturated heterocycles. The molecule has 0 aliphatic carbocycles. The maximum Gasteiger partial charge on any atom is 0.153 e. The number of fused-ring (bicyclic) bond motifs is 1. The number of aliphatic hydroxyl groups excluding tert-OH is 1. The molecule has 0 radical (unpaired) electrons. The number of nitrogens with one attached hydrogen (secondary N) is 1. The van der Waals surface area contributed by atoms with E-state index in [9.17, 15) is 5.11 Å². The molecule has 0 aliphatic heterocycles. The fourth-order valence-corrected chi connectivity index (χ4v) is 2.28. The Morgan fingerprint density at radius 1 is 1.17 bits per heavy atom. The first kappa shape index (κ1) is 11.3. The largest absolute Gasteiger partial charge is 0.384 e. The summed E-state index contributed by atoms with van der Waals surface area (Å²) in [6.45, 7) is 0. The first-order valence-corrected chi connectivity index (χ1v) is 5.99. The van der Waals surface area contributed by atoms with Gasteiger partial charge in [-0.15, -0.1) is 0 Å². The minimum absolute atomic E-state index is 0.416. The molecule has 1 unspecified atom stereocenters. The van der Waals surface area contributed by atoms with Crippen LogP contribution in [-0.4, -0.2) is 15.1 Å². The summed E-state index contributed by atoms with van der Waals surface area (Å²) < 4.78 is 0. The van der Waals surface area contributed by atoms with Gasteiger partial charge >= 0.3 is 0 Å². The minimum atomic E-state index is -0.700. The summed E-state index contributed by atoms with van der Waals surface area (Å²) in [7, 11) is 0. The molecule has 0 aliphatic rings. The van der Waals surface area contributed by atoms with Crippen molar-refractivity contribution in [2.45, 2.75) is 6.10 Å². The van der Waals surface area contributed by atoms with Crippen molar-refractivity contribution in [3.8, 4) is 0 Å². The second-order valence-electron chi connectivity index (χ2n) is 4.08. The van der Waals surface area contributed by atoms with Crippen molar-refractivity contribution in [1.29, 1.82) is 0 Å². The van der Waals surface area contributed by atoms with Crippen LogP contribution in [0.3, 0.4) is 0 Å². The van der Waals surface area contributed by atoms with E-state index in [2.05, 4.69) is 9.97 Å². The Labute approximate surface area is 109 Å². The highest BCUT2D eigenvalue weighted by Gasteiger charge is 2.15. The molecule has 0 saturated carbocycles. The number of aromatic nitrogens is 2. The lowest BCUT2D eigenvalue weighted by molar-refractivity contribution is 0.221. The summed E-state index contributed by atoms with van der Waals surface area (Å²) in [5.74, 6) is 0. The molecule has 1 atom stereocenters. The van der Waals surface area contributed by atoms with E-state index in [0.717, 1.165) is 22.0 Å². The highest BCUT2D eigenvalue weighted by molar-refractivity contribution is 6.33. The first-order valence-electron chi connectivity index (χ1n) is 5.62. The molecular weight excluding hydrogens is 248 g/mol. The summed E-state index contributed by atoms with van der Waals surface area (Å²) in [6.07, 6.45) is 2.71. The van der Waals surface area contributed by atoms with Gasteiger partial charge in [-0.3, -0.25) is 0 Å². The van der Waals surface area contributed by atoms with Crippen LogP contribution in [-0.2, 0) is 0 Å². The predicted molar refractivity (Wildman–Crippen MR) is 71.6 cm³/mol. The number of rotatable bonds is 2. The number of aliphatic hydroxyl groups is 1. The molecule has 90 valence electrons. The second kappa shape index (κ2) is 4.44. The summed E-state index contributed by atoms with van der Waals surface area (Å²) in [4.78, 5) is 7.13. The number of pyridine rings is 1. The maximum absolute atomic E-state index is 10.4. The molecule has 2 N–H and O–H groups in total. The molecule has 2 aromatic heterocycles. The van der Waals surface area contributed by atoms with Crippen LogP contribution in [0, 0.1) is 0 Å². The molecule has 2 heterocycles. The van der Waals surface area contributed by atoms with E-state index in [1.807, 2.05) is 36.4 Å². The van der Waals surface area contributed by atoms with Gasteiger partial charge in [-0.05, 0) is 11.6 Å². The van der Waals surface area contributed by atoms with E-state index in [1.165, 1.54) is 0 Å². The summed E-state index contributed by atoms with van der Waals surface area (Å²) in [5, 5.41) is 11.7. The van der Waals surface area contributed by atoms with Crippen molar-refractivity contribution in [2.75, 3.05) is 0 Å². The van der Waals surface area contributed by atoms with Gasteiger partial charge in [0.2, 0.25) is 0 Å². The molecule has 3 rings (SSSR count). The minimum Gasteiger partial charge on any atom is -0.384 e. The molecule has 3 aromatic rings. The number of nitrogens with zero attached hydrogens (tertiary/aromatic N) is 1. The van der Waals surface area contributed by atoms with Gasteiger partial charge < -0.3 is 10.1 Å². The number of H-pyrrole nitrogens is 1. The van der Waals surface area contributed by atoms with Gasteiger partial charge in [-0.25, -0.2) is 4.98 Å². The standard InChI is InChI=1S/C14H11ClN2O/c15-14-12-10(6-7-16-12)11(8-17-14)13(18)9-4-2-1-3-5-9/h1-8,13,16,18H. The van der Waals surface area contributed by atoms with Gasteiger partial charge in [-0.2, -0.15) is 0 Å². The summed E-state index contributed by atoms with van der Waals surface area (Å²) in [6, 6.07) is 11.4. The van der Waals surface area contributed by atoms with Crippen LogP contribution >= 0.6 is 11.6 Å². The molecule has 0 amide bonds. The zero-order valence-electron chi connectivity index (χ0n) is 9.47. The van der Waals surface area contributed by atoms with Gasteiger partial charge in [0, 0.05) is 23.3 Å². The average Bonchev–Trinajstić information content (AvgIpc) is 2.90. The van der Waals surface area contributed by atoms with Crippen molar-refractivity contribution < 1.29 is 5.11 Å². The van der Waals surface area contributed by atoms with Crippen molar-refractivity contribution in [3.05, 3.63) is 65.1 Å². The van der Waals surface area contributed by atoms with E-state index in [4.69, 9.17) is 11.6 Å². The molecule has 4 heteroatoms. The third-order valence-corrected chi connectivity index (χ3v) is 3.28. The zero-order chi connectivity index (χ0) is 12.5. The lowest BCUT2D eigenvalue weighted by Gasteiger charge is -2.12. The molecule has 3 nitrogen and oxygen atoms in total. The summed E-state index contributed by atoms with van der Waals surface area (Å²) in [5.41, 5.74) is 2.34. The fourth-order valence-electron chi connectivity index (χ4n) is 2.07. The Morgan fingerprint density at radius 2 is 1.94 bits per heavy atom. The number of hydrogen-bond acceptors (Lipinski definition) is 2. The van der Waals surface area contributed by atoms with E-state index in [-0.39, 0.29) is 0 Å². The molecule has 0 fully saturated rings. The predicted octanol–water partition coefficient (Wildman–Crippen LogP) is 3.30. The SMILES string of the molecule is OC(c1ccccc1)c1cnc(Cl)c2[nH]ccc12. The van der Waals surface area contributed by atoms with E-state index in [0.29, 0.717) is 5.15 Å². The Balaban J connectivity index is 2.15. The van der Waals surface area contributed by atoms with Crippen LogP contribution in [0.1, 0.15) is 17.2 Å². The van der Waals surface area contributed by atoms with Gasteiger partial charge in [0.15, 0.2) is 5.15 Å². The lowest BCUT2D eigenvalue weighted by Crippen LogP contribution is -2.00. The van der Waals surface area contributed by atoms with Crippen LogP contribution in [0.15, 0.2) is 48.8 Å². The Morgan fingerprint density at radius 3 is 2.72 bits per heavy atom. The number of halogens is 1. The zero-order valence-corrected chi connectivity index (χ0v) is 10.2. The smallest absolute Gasteiger partial charge is 0.153 e. The van der Waals surface area contributed by atoms with Crippen molar-refractivity contribution in [2.24, 2.45) is 0 Å². The first-order chi connectivity index (χ1) is 8.77. The molecular formula is C14H11ClN2O. The fraction of sp³-hybridized carbons (Fsp3) is 0.0714. The number of hydrogen-bond donors (Lipinski definition) is 2. The van der Waals surface area contributed by atoms with Crippen molar-refractivity contribution in [3.63, 3.8) is 0 Å². The summed E-state index contributed by atoms with van der Waals surface area (Å²) >= 11 is 6.00. The van der Waals surface area contributed by atoms with Crippen LogP contribution in [0.25, 0.3) is 10.9 Å². The molecule has 0 spiro atoms. The number of aromatic amines is 1. The van der Waals surface area contributed by atoms with Gasteiger partial charge in [0.1, 0.15) is 6.10 Å². The van der Waals surface area contributed by atoms with E-state index >= 15 is 0 Å².